The summed E-state index contributed by atoms with van der Waals surface area (Å²) in [5, 5.41) is 2.98. The van der Waals surface area contributed by atoms with E-state index in [0.717, 1.165) is 19.3 Å². The average Bonchev–Trinajstić information content (AvgIpc) is 2.55. The first-order chi connectivity index (χ1) is 11.5. The second kappa shape index (κ2) is 8.66. The first kappa shape index (κ1) is 18.2. The summed E-state index contributed by atoms with van der Waals surface area (Å²) in [6.45, 7) is -0.838. The van der Waals surface area contributed by atoms with Crippen LogP contribution in [0.3, 0.4) is 0 Å². The van der Waals surface area contributed by atoms with Crippen molar-refractivity contribution in [2.45, 2.75) is 45.3 Å². The van der Waals surface area contributed by atoms with Gasteiger partial charge in [-0.1, -0.05) is 31.9 Å². The number of alkyl halides is 2. The zero-order valence-electron chi connectivity index (χ0n) is 13.9. The van der Waals surface area contributed by atoms with Crippen LogP contribution in [0.2, 0.25) is 0 Å². The molecule has 132 valence electrons. The van der Waals surface area contributed by atoms with Crippen molar-refractivity contribution < 1.29 is 23.0 Å². The molecule has 1 fully saturated rings. The molecular formula is C18H23F2NO3. The fourth-order valence-electron chi connectivity index (χ4n) is 2.97. The number of benzene rings is 1. The van der Waals surface area contributed by atoms with Gasteiger partial charge in [-0.15, -0.1) is 0 Å². The van der Waals surface area contributed by atoms with Gasteiger partial charge in [-0.3, -0.25) is 4.79 Å². The molecule has 6 heteroatoms. The molecule has 1 amide bonds. The maximum absolute atomic E-state index is 12.6. The first-order valence-electron chi connectivity index (χ1n) is 8.11. The van der Waals surface area contributed by atoms with Crippen LogP contribution in [0.25, 0.3) is 6.08 Å². The summed E-state index contributed by atoms with van der Waals surface area (Å²) >= 11 is 0. The van der Waals surface area contributed by atoms with Crippen molar-refractivity contribution in [3.63, 3.8) is 0 Å². The third-order valence-corrected chi connectivity index (χ3v) is 4.29. The molecule has 2 atom stereocenters. The number of hydrogen-bond acceptors (Lipinski definition) is 3. The highest BCUT2D eigenvalue weighted by molar-refractivity contribution is 5.92. The summed E-state index contributed by atoms with van der Waals surface area (Å²) in [6.07, 6.45) is 7.19. The molecule has 1 aromatic rings. The van der Waals surface area contributed by atoms with Crippen molar-refractivity contribution in [3.05, 3.63) is 29.8 Å². The number of para-hydroxylation sites is 1. The molecule has 0 saturated heterocycles. The number of amides is 1. The zero-order chi connectivity index (χ0) is 17.5. The molecular weight excluding hydrogens is 316 g/mol. The molecule has 1 aliphatic rings. The lowest BCUT2D eigenvalue weighted by Crippen LogP contribution is -2.40. The Morgan fingerprint density at radius 1 is 1.33 bits per heavy atom. The lowest BCUT2D eigenvalue weighted by Gasteiger charge is -2.29. The maximum atomic E-state index is 12.6. The zero-order valence-corrected chi connectivity index (χ0v) is 13.9. The fourth-order valence-corrected chi connectivity index (χ4v) is 2.97. The summed E-state index contributed by atoms with van der Waals surface area (Å²) in [5.41, 5.74) is 0.362. The van der Waals surface area contributed by atoms with Crippen molar-refractivity contribution in [1.29, 1.82) is 0 Å². The number of ether oxygens (including phenoxy) is 2. The van der Waals surface area contributed by atoms with Crippen molar-refractivity contribution in [1.82, 2.24) is 5.32 Å². The van der Waals surface area contributed by atoms with E-state index in [0.29, 0.717) is 11.5 Å². The summed E-state index contributed by atoms with van der Waals surface area (Å²) in [6, 6.07) is 4.93. The molecule has 24 heavy (non-hydrogen) atoms. The molecule has 0 aromatic heterocycles. The monoisotopic (exact) mass is 339 g/mol. The van der Waals surface area contributed by atoms with Gasteiger partial charge in [0.15, 0.2) is 11.5 Å². The van der Waals surface area contributed by atoms with Crippen LogP contribution < -0.4 is 14.8 Å². The minimum atomic E-state index is -2.97. The topological polar surface area (TPSA) is 47.6 Å². The van der Waals surface area contributed by atoms with E-state index in [1.54, 1.807) is 12.1 Å². The minimum Gasteiger partial charge on any atom is -0.493 e. The summed E-state index contributed by atoms with van der Waals surface area (Å²) in [7, 11) is 1.37. The third kappa shape index (κ3) is 4.94. The molecule has 2 rings (SSSR count). The maximum Gasteiger partial charge on any atom is 0.387 e. The van der Waals surface area contributed by atoms with Gasteiger partial charge in [0.2, 0.25) is 5.91 Å². The molecule has 1 aliphatic carbocycles. The van der Waals surface area contributed by atoms with Crippen molar-refractivity contribution >= 4 is 12.0 Å². The van der Waals surface area contributed by atoms with Crippen molar-refractivity contribution in [2.75, 3.05) is 7.11 Å². The third-order valence-electron chi connectivity index (χ3n) is 4.29. The number of rotatable bonds is 6. The summed E-state index contributed by atoms with van der Waals surface area (Å²) < 4.78 is 34.7. The number of carbonyl (C=O) groups excluding carboxylic acids is 1. The van der Waals surface area contributed by atoms with E-state index < -0.39 is 6.61 Å². The Morgan fingerprint density at radius 3 is 2.75 bits per heavy atom. The van der Waals surface area contributed by atoms with Gasteiger partial charge in [0.25, 0.3) is 0 Å². The first-order valence-corrected chi connectivity index (χ1v) is 8.11. The van der Waals surface area contributed by atoms with Crippen LogP contribution in [-0.2, 0) is 4.79 Å². The summed E-state index contributed by atoms with van der Waals surface area (Å²) in [5.74, 6) is 0.328. The predicted octanol–water partition coefficient (Wildman–Crippen LogP) is 4.00. The Labute approximate surface area is 140 Å². The van der Waals surface area contributed by atoms with E-state index >= 15 is 0 Å². The molecule has 0 bridgehead atoms. The van der Waals surface area contributed by atoms with Gasteiger partial charge in [-0.25, -0.2) is 0 Å². The van der Waals surface area contributed by atoms with Gasteiger partial charge >= 0.3 is 6.61 Å². The Hall–Kier alpha value is -2.11. The number of nitrogens with one attached hydrogen (secondary N) is 1. The molecule has 0 heterocycles. The minimum absolute atomic E-state index is 0.0786. The largest absolute Gasteiger partial charge is 0.493 e. The number of carbonyl (C=O) groups is 1. The van der Waals surface area contributed by atoms with Gasteiger partial charge in [0.1, 0.15) is 0 Å². The van der Waals surface area contributed by atoms with Crippen LogP contribution in [0.5, 0.6) is 11.5 Å². The van der Waals surface area contributed by atoms with E-state index in [9.17, 15) is 13.6 Å². The SMILES string of the molecule is COc1cccc(/C=C/C(=O)NC2CCCCC2C)c1OC(F)F. The van der Waals surface area contributed by atoms with E-state index in [1.165, 1.54) is 31.7 Å². The number of methoxy groups -OCH3 is 1. The lowest BCUT2D eigenvalue weighted by molar-refractivity contribution is -0.117. The molecule has 0 spiro atoms. The molecule has 0 radical (unpaired) electrons. The molecule has 2 unspecified atom stereocenters. The van der Waals surface area contributed by atoms with Crippen LogP contribution >= 0.6 is 0 Å². The quantitative estimate of drug-likeness (QED) is 0.797. The van der Waals surface area contributed by atoms with E-state index in [-0.39, 0.29) is 23.4 Å². The lowest BCUT2D eigenvalue weighted by atomic mass is 9.86. The highest BCUT2D eigenvalue weighted by Gasteiger charge is 2.22. The van der Waals surface area contributed by atoms with Crippen molar-refractivity contribution in [3.8, 4) is 11.5 Å². The standard InChI is InChI=1S/C18H23F2NO3/c1-12-6-3-4-8-14(12)21-16(22)11-10-13-7-5-9-15(23-2)17(13)24-18(19)20/h5,7,9-12,14,18H,3-4,6,8H2,1-2H3,(H,21,22)/b11-10+. The van der Waals surface area contributed by atoms with Crippen LogP contribution in [0.15, 0.2) is 24.3 Å². The van der Waals surface area contributed by atoms with Gasteiger partial charge < -0.3 is 14.8 Å². The Kier molecular flexibility index (Phi) is 6.58. The second-order valence-electron chi connectivity index (χ2n) is 5.97. The van der Waals surface area contributed by atoms with Crippen LogP contribution in [-0.4, -0.2) is 25.7 Å². The van der Waals surface area contributed by atoms with Crippen LogP contribution in [0, 0.1) is 5.92 Å². The van der Waals surface area contributed by atoms with Gasteiger partial charge in [0, 0.05) is 17.7 Å². The molecule has 1 aromatic carbocycles. The van der Waals surface area contributed by atoms with Crippen molar-refractivity contribution in [2.24, 2.45) is 5.92 Å². The normalized spacial score (nSPS) is 21.0. The van der Waals surface area contributed by atoms with Gasteiger partial charge in [0.05, 0.1) is 7.11 Å². The Bertz CT molecular complexity index is 590. The molecule has 1 N–H and O–H groups in total. The van der Waals surface area contributed by atoms with E-state index in [1.807, 2.05) is 0 Å². The molecule has 1 saturated carbocycles. The highest BCUT2D eigenvalue weighted by atomic mass is 19.3. The van der Waals surface area contributed by atoms with Gasteiger partial charge in [-0.2, -0.15) is 8.78 Å². The predicted molar refractivity (Wildman–Crippen MR) is 88.2 cm³/mol. The van der Waals surface area contributed by atoms with Crippen LogP contribution in [0.4, 0.5) is 8.78 Å². The number of halogens is 2. The van der Waals surface area contributed by atoms with Gasteiger partial charge in [-0.05, 0) is 30.9 Å². The highest BCUT2D eigenvalue weighted by Crippen LogP contribution is 2.33. The fraction of sp³-hybridized carbons (Fsp3) is 0.500. The van der Waals surface area contributed by atoms with E-state index in [2.05, 4.69) is 17.0 Å². The van der Waals surface area contributed by atoms with E-state index in [4.69, 9.17) is 4.74 Å². The second-order valence-corrected chi connectivity index (χ2v) is 5.97. The molecule has 4 nitrogen and oxygen atoms in total. The Morgan fingerprint density at radius 2 is 2.08 bits per heavy atom. The molecule has 0 aliphatic heterocycles. The Balaban J connectivity index is 2.08. The van der Waals surface area contributed by atoms with Crippen LogP contribution in [0.1, 0.15) is 38.2 Å². The smallest absolute Gasteiger partial charge is 0.387 e. The summed E-state index contributed by atoms with van der Waals surface area (Å²) in [4.78, 5) is 12.1. The number of hydrogen-bond donors (Lipinski definition) is 1. The average molecular weight is 339 g/mol.